The first-order valence-corrected chi connectivity index (χ1v) is 6.92. The molecule has 1 aliphatic carbocycles. The second-order valence-corrected chi connectivity index (χ2v) is 7.40. The first kappa shape index (κ1) is 10.4. The zero-order valence-electron chi connectivity index (χ0n) is 8.66. The van der Waals surface area contributed by atoms with Gasteiger partial charge in [-0.25, -0.2) is 8.42 Å². The summed E-state index contributed by atoms with van der Waals surface area (Å²) in [6, 6.07) is 0. The van der Waals surface area contributed by atoms with Gasteiger partial charge >= 0.3 is 0 Å². The van der Waals surface area contributed by atoms with Gasteiger partial charge in [0.1, 0.15) is 0 Å². The first-order chi connectivity index (χ1) is 6.56. The van der Waals surface area contributed by atoms with Crippen LogP contribution >= 0.6 is 0 Å². The molecule has 3 nitrogen and oxygen atoms in total. The van der Waals surface area contributed by atoms with Crippen molar-refractivity contribution >= 4 is 9.84 Å². The molecule has 14 heavy (non-hydrogen) atoms. The zero-order valence-corrected chi connectivity index (χ0v) is 9.48. The van der Waals surface area contributed by atoms with Crippen molar-refractivity contribution in [2.45, 2.75) is 49.0 Å². The van der Waals surface area contributed by atoms with Crippen LogP contribution < -0.4 is 0 Å². The minimum absolute atomic E-state index is 0.137. The molecule has 1 saturated carbocycles. The summed E-state index contributed by atoms with van der Waals surface area (Å²) in [4.78, 5) is 0. The van der Waals surface area contributed by atoms with E-state index in [4.69, 9.17) is 4.74 Å². The van der Waals surface area contributed by atoms with Crippen LogP contribution in [0.1, 0.15) is 39.0 Å². The van der Waals surface area contributed by atoms with E-state index in [2.05, 4.69) is 0 Å². The lowest BCUT2D eigenvalue weighted by molar-refractivity contribution is 0.0975. The van der Waals surface area contributed by atoms with E-state index in [1.54, 1.807) is 0 Å². The van der Waals surface area contributed by atoms with Crippen molar-refractivity contribution in [1.29, 1.82) is 0 Å². The van der Waals surface area contributed by atoms with E-state index in [0.717, 1.165) is 19.3 Å². The third-order valence-corrected chi connectivity index (χ3v) is 6.84. The molecule has 2 fully saturated rings. The van der Waals surface area contributed by atoms with E-state index < -0.39 is 14.6 Å². The van der Waals surface area contributed by atoms with Gasteiger partial charge in [0.25, 0.3) is 0 Å². The molecule has 2 aliphatic rings. The lowest BCUT2D eigenvalue weighted by Gasteiger charge is -2.41. The molecule has 0 unspecified atom stereocenters. The van der Waals surface area contributed by atoms with Gasteiger partial charge in [-0.3, -0.25) is 0 Å². The molecule has 0 N–H and O–H groups in total. The third kappa shape index (κ3) is 1.48. The number of hydrogen-bond acceptors (Lipinski definition) is 3. The molecule has 0 bridgehead atoms. The van der Waals surface area contributed by atoms with Gasteiger partial charge < -0.3 is 4.74 Å². The Labute approximate surface area is 85.8 Å². The minimum Gasteiger partial charge on any atom is -0.381 e. The predicted octanol–water partition coefficient (Wildman–Crippen LogP) is 1.52. The quantitative estimate of drug-likeness (QED) is 0.706. The molecule has 82 valence electrons. The normalized spacial score (nSPS) is 28.4. The summed E-state index contributed by atoms with van der Waals surface area (Å²) >= 11 is 0. The molecule has 0 radical (unpaired) electrons. The van der Waals surface area contributed by atoms with Crippen LogP contribution in [0.4, 0.5) is 0 Å². The topological polar surface area (TPSA) is 43.4 Å². The third-order valence-electron chi connectivity index (χ3n) is 3.71. The van der Waals surface area contributed by atoms with E-state index in [1.807, 2.05) is 6.92 Å². The Morgan fingerprint density at radius 3 is 2.21 bits per heavy atom. The number of hydrogen-bond donors (Lipinski definition) is 0. The summed E-state index contributed by atoms with van der Waals surface area (Å²) in [5.41, 5.74) is 0. The van der Waals surface area contributed by atoms with Gasteiger partial charge in [0.05, 0.1) is 10.00 Å². The molecule has 0 atom stereocenters. The zero-order chi connectivity index (χ0) is 10.2. The molecule has 0 amide bonds. The highest BCUT2D eigenvalue weighted by atomic mass is 32.2. The van der Waals surface area contributed by atoms with Crippen molar-refractivity contribution in [1.82, 2.24) is 0 Å². The largest absolute Gasteiger partial charge is 0.381 e. The lowest BCUT2D eigenvalue weighted by atomic mass is 9.86. The van der Waals surface area contributed by atoms with Crippen molar-refractivity contribution in [3.8, 4) is 0 Å². The smallest absolute Gasteiger partial charge is 0.158 e. The Balaban J connectivity index is 2.14. The van der Waals surface area contributed by atoms with Crippen LogP contribution in [0, 0.1) is 0 Å². The van der Waals surface area contributed by atoms with Crippen LogP contribution in [-0.4, -0.2) is 31.6 Å². The maximum absolute atomic E-state index is 12.2. The molecule has 0 spiro atoms. The highest BCUT2D eigenvalue weighted by Gasteiger charge is 2.48. The molecule has 1 heterocycles. The Morgan fingerprint density at radius 1 is 1.21 bits per heavy atom. The van der Waals surface area contributed by atoms with Gasteiger partial charge in [-0.1, -0.05) is 6.42 Å². The maximum atomic E-state index is 12.2. The highest BCUT2D eigenvalue weighted by molar-refractivity contribution is 7.93. The van der Waals surface area contributed by atoms with E-state index in [-0.39, 0.29) is 5.25 Å². The van der Waals surface area contributed by atoms with Crippen LogP contribution in [0.3, 0.4) is 0 Å². The standard InChI is InChI=1S/C10H18O3S/c1-10(5-2-6-10)14(11,12)9-3-7-13-8-4-9/h9H,2-8H2,1H3. The van der Waals surface area contributed by atoms with Gasteiger partial charge in [-0.15, -0.1) is 0 Å². The Kier molecular flexibility index (Phi) is 2.60. The summed E-state index contributed by atoms with van der Waals surface area (Å²) < 4.78 is 29.3. The second-order valence-electron chi connectivity index (χ2n) is 4.66. The van der Waals surface area contributed by atoms with Gasteiger partial charge in [-0.2, -0.15) is 0 Å². The average Bonchev–Trinajstić information content (AvgIpc) is 2.15. The lowest BCUT2D eigenvalue weighted by Crippen LogP contribution is -2.48. The highest BCUT2D eigenvalue weighted by Crippen LogP contribution is 2.42. The van der Waals surface area contributed by atoms with Gasteiger partial charge in [0, 0.05) is 13.2 Å². The van der Waals surface area contributed by atoms with Gasteiger partial charge in [-0.05, 0) is 32.6 Å². The minimum atomic E-state index is -2.90. The monoisotopic (exact) mass is 218 g/mol. The Hall–Kier alpha value is -0.0900. The SMILES string of the molecule is CC1(S(=O)(=O)C2CCOCC2)CCC1. The molecule has 1 saturated heterocycles. The van der Waals surface area contributed by atoms with Gasteiger partial charge in [0.15, 0.2) is 9.84 Å². The average molecular weight is 218 g/mol. The molecular weight excluding hydrogens is 200 g/mol. The molecular formula is C10H18O3S. The fourth-order valence-electron chi connectivity index (χ4n) is 2.35. The van der Waals surface area contributed by atoms with Crippen molar-refractivity contribution < 1.29 is 13.2 Å². The van der Waals surface area contributed by atoms with Crippen LogP contribution in [0.5, 0.6) is 0 Å². The van der Waals surface area contributed by atoms with E-state index in [0.29, 0.717) is 26.1 Å². The Morgan fingerprint density at radius 2 is 1.79 bits per heavy atom. The maximum Gasteiger partial charge on any atom is 0.158 e. The van der Waals surface area contributed by atoms with Crippen LogP contribution in [-0.2, 0) is 14.6 Å². The Bertz CT molecular complexity index is 297. The van der Waals surface area contributed by atoms with Crippen LogP contribution in [0.2, 0.25) is 0 Å². The summed E-state index contributed by atoms with van der Waals surface area (Å²) in [5.74, 6) is 0. The van der Waals surface area contributed by atoms with Crippen LogP contribution in [0.15, 0.2) is 0 Å². The summed E-state index contributed by atoms with van der Waals surface area (Å²) in [6.07, 6.45) is 4.16. The van der Waals surface area contributed by atoms with Crippen molar-refractivity contribution in [2.75, 3.05) is 13.2 Å². The van der Waals surface area contributed by atoms with E-state index in [9.17, 15) is 8.42 Å². The second kappa shape index (κ2) is 3.49. The number of sulfone groups is 1. The molecule has 0 aromatic rings. The molecule has 0 aromatic heterocycles. The predicted molar refractivity (Wildman–Crippen MR) is 55.0 cm³/mol. The first-order valence-electron chi connectivity index (χ1n) is 5.37. The number of ether oxygens (including phenoxy) is 1. The van der Waals surface area contributed by atoms with Crippen molar-refractivity contribution in [2.24, 2.45) is 0 Å². The van der Waals surface area contributed by atoms with Crippen molar-refractivity contribution in [3.63, 3.8) is 0 Å². The van der Waals surface area contributed by atoms with E-state index >= 15 is 0 Å². The fraction of sp³-hybridized carbons (Fsp3) is 1.00. The molecule has 1 aliphatic heterocycles. The van der Waals surface area contributed by atoms with Crippen molar-refractivity contribution in [3.05, 3.63) is 0 Å². The molecule has 4 heteroatoms. The fourth-order valence-corrected chi connectivity index (χ4v) is 4.82. The van der Waals surface area contributed by atoms with Gasteiger partial charge in [0.2, 0.25) is 0 Å². The van der Waals surface area contributed by atoms with Crippen LogP contribution in [0.25, 0.3) is 0 Å². The molecule has 0 aromatic carbocycles. The number of rotatable bonds is 2. The summed E-state index contributed by atoms with van der Waals surface area (Å²) in [5, 5.41) is -0.137. The molecule has 2 rings (SSSR count). The summed E-state index contributed by atoms with van der Waals surface area (Å²) in [7, 11) is -2.90. The van der Waals surface area contributed by atoms with E-state index in [1.165, 1.54) is 0 Å². The summed E-state index contributed by atoms with van der Waals surface area (Å²) in [6.45, 7) is 3.13.